The second-order valence-corrected chi connectivity index (χ2v) is 5.68. The van der Waals surface area contributed by atoms with Crippen molar-refractivity contribution in [2.75, 3.05) is 20.1 Å². The van der Waals surface area contributed by atoms with Gasteiger partial charge in [0.2, 0.25) is 0 Å². The van der Waals surface area contributed by atoms with Crippen LogP contribution in [0.2, 0.25) is 0 Å². The molecule has 1 rings (SSSR count). The van der Waals surface area contributed by atoms with Crippen molar-refractivity contribution < 1.29 is 0 Å². The second-order valence-electron chi connectivity index (χ2n) is 5.68. The van der Waals surface area contributed by atoms with Gasteiger partial charge in [0.15, 0.2) is 0 Å². The summed E-state index contributed by atoms with van der Waals surface area (Å²) in [5.74, 6) is 0.992. The molecule has 0 aromatic heterocycles. The van der Waals surface area contributed by atoms with Crippen molar-refractivity contribution in [1.29, 1.82) is 0 Å². The number of nitrogens with one attached hydrogen (secondary N) is 1. The van der Waals surface area contributed by atoms with Gasteiger partial charge in [0, 0.05) is 18.6 Å². The summed E-state index contributed by atoms with van der Waals surface area (Å²) in [5.41, 5.74) is 0. The van der Waals surface area contributed by atoms with Crippen LogP contribution in [0.3, 0.4) is 0 Å². The number of nitrogens with zero attached hydrogens (tertiary/aromatic N) is 1. The van der Waals surface area contributed by atoms with Gasteiger partial charge in [0.25, 0.3) is 0 Å². The lowest BCUT2D eigenvalue weighted by Crippen LogP contribution is -2.40. The normalized spacial score (nSPS) is 20.8. The van der Waals surface area contributed by atoms with E-state index in [0.717, 1.165) is 12.5 Å². The highest BCUT2D eigenvalue weighted by Gasteiger charge is 2.21. The summed E-state index contributed by atoms with van der Waals surface area (Å²) in [6.45, 7) is 9.36. The Hall–Kier alpha value is -0.0800. The van der Waals surface area contributed by atoms with E-state index in [-0.39, 0.29) is 0 Å². The molecule has 16 heavy (non-hydrogen) atoms. The van der Waals surface area contributed by atoms with Gasteiger partial charge >= 0.3 is 0 Å². The van der Waals surface area contributed by atoms with Crippen molar-refractivity contribution in [3.05, 3.63) is 0 Å². The van der Waals surface area contributed by atoms with Gasteiger partial charge in [0.1, 0.15) is 0 Å². The van der Waals surface area contributed by atoms with E-state index in [2.05, 4.69) is 38.0 Å². The van der Waals surface area contributed by atoms with Crippen LogP contribution >= 0.6 is 0 Å². The Morgan fingerprint density at radius 2 is 2.00 bits per heavy atom. The van der Waals surface area contributed by atoms with Gasteiger partial charge in [-0.25, -0.2) is 0 Å². The molecule has 1 aliphatic carbocycles. The van der Waals surface area contributed by atoms with Crippen LogP contribution < -0.4 is 5.32 Å². The maximum atomic E-state index is 3.57. The highest BCUT2D eigenvalue weighted by molar-refractivity contribution is 4.77. The molecule has 0 radical (unpaired) electrons. The van der Waals surface area contributed by atoms with Crippen LogP contribution in [0.4, 0.5) is 0 Å². The van der Waals surface area contributed by atoms with Crippen LogP contribution in [0.1, 0.15) is 52.9 Å². The third-order valence-electron chi connectivity index (χ3n) is 3.96. The van der Waals surface area contributed by atoms with Gasteiger partial charge in [-0.2, -0.15) is 0 Å². The first-order chi connectivity index (χ1) is 7.63. The average Bonchev–Trinajstić information content (AvgIpc) is 2.20. The van der Waals surface area contributed by atoms with Crippen molar-refractivity contribution in [3.63, 3.8) is 0 Å². The Morgan fingerprint density at radius 1 is 1.31 bits per heavy atom. The summed E-state index contributed by atoms with van der Waals surface area (Å²) >= 11 is 0. The Balaban J connectivity index is 2.13. The monoisotopic (exact) mass is 226 g/mol. The molecule has 2 atom stereocenters. The van der Waals surface area contributed by atoms with Gasteiger partial charge in [-0.15, -0.1) is 0 Å². The van der Waals surface area contributed by atoms with Gasteiger partial charge in [-0.05, 0) is 59.0 Å². The predicted molar refractivity (Wildman–Crippen MR) is 71.8 cm³/mol. The average molecular weight is 226 g/mol. The predicted octanol–water partition coefficient (Wildman–Crippen LogP) is 2.89. The van der Waals surface area contributed by atoms with Gasteiger partial charge in [-0.3, -0.25) is 0 Å². The zero-order valence-electron chi connectivity index (χ0n) is 11.6. The maximum absolute atomic E-state index is 3.57. The summed E-state index contributed by atoms with van der Waals surface area (Å²) in [5, 5.41) is 3.57. The topological polar surface area (TPSA) is 15.3 Å². The van der Waals surface area contributed by atoms with Gasteiger partial charge < -0.3 is 10.2 Å². The van der Waals surface area contributed by atoms with E-state index in [1.165, 1.54) is 38.6 Å². The number of hydrogen-bond acceptors (Lipinski definition) is 2. The SMILES string of the molecule is CCCNC(C)CC(C)N(C)CC1CCC1. The van der Waals surface area contributed by atoms with E-state index in [9.17, 15) is 0 Å². The molecule has 2 nitrogen and oxygen atoms in total. The molecule has 1 fully saturated rings. The molecule has 0 spiro atoms. The molecule has 2 heteroatoms. The molecule has 1 saturated carbocycles. The Kier molecular flexibility index (Phi) is 6.37. The summed E-state index contributed by atoms with van der Waals surface area (Å²) in [7, 11) is 2.29. The van der Waals surface area contributed by atoms with Crippen LogP contribution in [0.5, 0.6) is 0 Å². The van der Waals surface area contributed by atoms with Crippen LogP contribution in [0, 0.1) is 5.92 Å². The molecule has 0 amide bonds. The molecule has 0 heterocycles. The molecule has 0 saturated heterocycles. The lowest BCUT2D eigenvalue weighted by molar-refractivity contribution is 0.158. The molecule has 0 aromatic rings. The van der Waals surface area contributed by atoms with E-state index in [0.29, 0.717) is 12.1 Å². The molecular formula is C14H30N2. The van der Waals surface area contributed by atoms with Crippen LogP contribution in [0.15, 0.2) is 0 Å². The first-order valence-electron chi connectivity index (χ1n) is 7.07. The first kappa shape index (κ1) is 14.0. The van der Waals surface area contributed by atoms with Crippen molar-refractivity contribution >= 4 is 0 Å². The fraction of sp³-hybridized carbons (Fsp3) is 1.00. The fourth-order valence-electron chi connectivity index (χ4n) is 2.43. The third-order valence-corrected chi connectivity index (χ3v) is 3.96. The highest BCUT2D eigenvalue weighted by Crippen LogP contribution is 2.27. The molecular weight excluding hydrogens is 196 g/mol. The van der Waals surface area contributed by atoms with Crippen molar-refractivity contribution in [1.82, 2.24) is 10.2 Å². The van der Waals surface area contributed by atoms with Gasteiger partial charge in [-0.1, -0.05) is 13.3 Å². The van der Waals surface area contributed by atoms with E-state index in [1.807, 2.05) is 0 Å². The Labute approximate surface area is 102 Å². The van der Waals surface area contributed by atoms with Crippen LogP contribution in [-0.2, 0) is 0 Å². The minimum absolute atomic E-state index is 0.652. The smallest absolute Gasteiger partial charge is 0.00787 e. The van der Waals surface area contributed by atoms with E-state index in [1.54, 1.807) is 0 Å². The Bertz CT molecular complexity index is 178. The summed E-state index contributed by atoms with van der Waals surface area (Å²) < 4.78 is 0. The van der Waals surface area contributed by atoms with Crippen LogP contribution in [0.25, 0.3) is 0 Å². The van der Waals surface area contributed by atoms with E-state index in [4.69, 9.17) is 0 Å². The second kappa shape index (κ2) is 7.29. The van der Waals surface area contributed by atoms with Crippen molar-refractivity contribution in [2.24, 2.45) is 5.92 Å². The zero-order chi connectivity index (χ0) is 12.0. The summed E-state index contributed by atoms with van der Waals surface area (Å²) in [4.78, 5) is 2.55. The van der Waals surface area contributed by atoms with E-state index < -0.39 is 0 Å². The molecule has 0 aromatic carbocycles. The van der Waals surface area contributed by atoms with Crippen LogP contribution in [-0.4, -0.2) is 37.1 Å². The maximum Gasteiger partial charge on any atom is 0.00787 e. The Morgan fingerprint density at radius 3 is 2.50 bits per heavy atom. The minimum Gasteiger partial charge on any atom is -0.314 e. The highest BCUT2D eigenvalue weighted by atomic mass is 15.1. The fourth-order valence-corrected chi connectivity index (χ4v) is 2.43. The summed E-state index contributed by atoms with van der Waals surface area (Å²) in [6, 6.07) is 1.36. The lowest BCUT2D eigenvalue weighted by atomic mass is 9.85. The largest absolute Gasteiger partial charge is 0.314 e. The minimum atomic E-state index is 0.652. The number of rotatable bonds is 8. The number of hydrogen-bond donors (Lipinski definition) is 1. The first-order valence-corrected chi connectivity index (χ1v) is 7.07. The van der Waals surface area contributed by atoms with Gasteiger partial charge in [0.05, 0.1) is 0 Å². The molecule has 0 bridgehead atoms. The molecule has 1 aliphatic rings. The molecule has 1 N–H and O–H groups in total. The lowest BCUT2D eigenvalue weighted by Gasteiger charge is -2.34. The molecule has 96 valence electrons. The third kappa shape index (κ3) is 4.84. The molecule has 0 aliphatic heterocycles. The van der Waals surface area contributed by atoms with Crippen molar-refractivity contribution in [3.8, 4) is 0 Å². The summed E-state index contributed by atoms with van der Waals surface area (Å²) in [6.07, 6.45) is 6.88. The standard InChI is InChI=1S/C14H30N2/c1-5-9-15-12(2)10-13(3)16(4)11-14-7-6-8-14/h12-15H,5-11H2,1-4H3. The van der Waals surface area contributed by atoms with E-state index >= 15 is 0 Å². The quantitative estimate of drug-likeness (QED) is 0.684. The van der Waals surface area contributed by atoms with Crippen molar-refractivity contribution in [2.45, 2.75) is 65.0 Å². The zero-order valence-corrected chi connectivity index (χ0v) is 11.6. The molecule has 2 unspecified atom stereocenters.